The van der Waals surface area contributed by atoms with E-state index in [2.05, 4.69) is 5.16 Å². The highest BCUT2D eigenvalue weighted by atomic mass is 19.1. The van der Waals surface area contributed by atoms with Gasteiger partial charge in [0.2, 0.25) is 0 Å². The number of para-hydroxylation sites is 2. The zero-order chi connectivity index (χ0) is 19.3. The molecule has 0 aliphatic carbocycles. The molecule has 0 saturated heterocycles. The fraction of sp³-hybridized carbons (Fsp3) is 0.0455. The normalized spacial score (nSPS) is 10.6. The van der Waals surface area contributed by atoms with E-state index in [0.29, 0.717) is 22.8 Å². The van der Waals surface area contributed by atoms with Crippen molar-refractivity contribution in [1.82, 2.24) is 5.16 Å². The molecule has 28 heavy (non-hydrogen) atoms. The predicted octanol–water partition coefficient (Wildman–Crippen LogP) is 5.56. The molecule has 4 rings (SSSR count). The monoisotopic (exact) mass is 377 g/mol. The summed E-state index contributed by atoms with van der Waals surface area (Å²) < 4.78 is 30.8. The lowest BCUT2D eigenvalue weighted by Gasteiger charge is -2.13. The van der Waals surface area contributed by atoms with Crippen LogP contribution >= 0.6 is 0 Å². The summed E-state index contributed by atoms with van der Waals surface area (Å²) >= 11 is 0. The maximum Gasteiger partial charge on any atom is 0.252 e. The molecule has 0 saturated carbocycles. The van der Waals surface area contributed by atoms with E-state index in [1.165, 1.54) is 12.1 Å². The topological polar surface area (TPSA) is 64.7 Å². The van der Waals surface area contributed by atoms with Crippen LogP contribution in [0.5, 0.6) is 23.1 Å². The van der Waals surface area contributed by atoms with Gasteiger partial charge in [-0.1, -0.05) is 30.3 Å². The molecule has 0 unspecified atom stereocenters. The van der Waals surface area contributed by atoms with Crippen molar-refractivity contribution < 1.29 is 23.5 Å². The van der Waals surface area contributed by atoms with Gasteiger partial charge in [-0.25, -0.2) is 4.39 Å². The smallest absolute Gasteiger partial charge is 0.252 e. The van der Waals surface area contributed by atoms with Gasteiger partial charge in [-0.15, -0.1) is 0 Å². The van der Waals surface area contributed by atoms with Crippen molar-refractivity contribution >= 4 is 0 Å². The average Bonchev–Trinajstić information content (AvgIpc) is 3.16. The summed E-state index contributed by atoms with van der Waals surface area (Å²) in [5, 5.41) is 12.7. The minimum absolute atomic E-state index is 0.141. The summed E-state index contributed by atoms with van der Waals surface area (Å²) in [6.45, 7) is 0.141. The average molecular weight is 377 g/mol. The molecule has 0 spiro atoms. The van der Waals surface area contributed by atoms with Crippen LogP contribution in [0.15, 0.2) is 83.4 Å². The summed E-state index contributed by atoms with van der Waals surface area (Å²) in [4.78, 5) is 0. The van der Waals surface area contributed by atoms with Crippen molar-refractivity contribution in [2.24, 2.45) is 0 Å². The van der Waals surface area contributed by atoms with Crippen LogP contribution in [0.4, 0.5) is 4.39 Å². The molecule has 0 atom stereocenters. The second-order valence-corrected chi connectivity index (χ2v) is 6.01. The van der Waals surface area contributed by atoms with E-state index in [1.54, 1.807) is 48.5 Å². The third kappa shape index (κ3) is 3.96. The first-order chi connectivity index (χ1) is 13.7. The second-order valence-electron chi connectivity index (χ2n) is 6.01. The lowest BCUT2D eigenvalue weighted by molar-refractivity contribution is 0.298. The lowest BCUT2D eigenvalue weighted by Crippen LogP contribution is -2.00. The maximum atomic E-state index is 14.3. The number of ether oxygens (including phenoxy) is 2. The summed E-state index contributed by atoms with van der Waals surface area (Å²) in [7, 11) is 0. The van der Waals surface area contributed by atoms with Gasteiger partial charge >= 0.3 is 0 Å². The quantitative estimate of drug-likeness (QED) is 0.477. The summed E-state index contributed by atoms with van der Waals surface area (Å²) in [6.07, 6.45) is 0. The molecule has 3 aromatic carbocycles. The number of halogens is 1. The lowest BCUT2D eigenvalue weighted by atomic mass is 10.1. The third-order valence-corrected chi connectivity index (χ3v) is 4.04. The summed E-state index contributed by atoms with van der Waals surface area (Å²) in [5.74, 6) is 1.11. The third-order valence-electron chi connectivity index (χ3n) is 4.04. The number of benzene rings is 3. The highest BCUT2D eigenvalue weighted by Crippen LogP contribution is 2.30. The summed E-state index contributed by atoms with van der Waals surface area (Å²) in [5.41, 5.74) is 1.34. The van der Waals surface area contributed by atoms with E-state index in [0.717, 1.165) is 5.56 Å². The molecule has 0 radical (unpaired) electrons. The van der Waals surface area contributed by atoms with Crippen LogP contribution < -0.4 is 9.47 Å². The van der Waals surface area contributed by atoms with Crippen molar-refractivity contribution in [3.8, 4) is 34.5 Å². The Bertz CT molecular complexity index is 1060. The van der Waals surface area contributed by atoms with E-state index in [1.807, 2.05) is 18.2 Å². The van der Waals surface area contributed by atoms with Gasteiger partial charge in [-0.2, -0.15) is 0 Å². The molecule has 1 heterocycles. The van der Waals surface area contributed by atoms with Crippen LogP contribution in [-0.4, -0.2) is 10.3 Å². The van der Waals surface area contributed by atoms with Crippen LogP contribution in [0.2, 0.25) is 0 Å². The Morgan fingerprint density at radius 1 is 0.893 bits per heavy atom. The molecule has 0 fully saturated rings. The zero-order valence-corrected chi connectivity index (χ0v) is 14.7. The minimum Gasteiger partial charge on any atom is -0.491 e. The SMILES string of the molecule is Oc1cc(-c2ccc(OCc3cccc(F)c3Oc3ccccc3)cc2)on1. The van der Waals surface area contributed by atoms with Crippen LogP contribution in [0.1, 0.15) is 5.56 Å². The van der Waals surface area contributed by atoms with E-state index < -0.39 is 5.82 Å². The molecule has 5 nitrogen and oxygen atoms in total. The van der Waals surface area contributed by atoms with Crippen LogP contribution in [0.25, 0.3) is 11.3 Å². The Morgan fingerprint density at radius 2 is 1.68 bits per heavy atom. The van der Waals surface area contributed by atoms with Gasteiger partial charge in [-0.3, -0.25) is 0 Å². The molecular weight excluding hydrogens is 361 g/mol. The maximum absolute atomic E-state index is 14.3. The molecule has 0 bridgehead atoms. The minimum atomic E-state index is -0.453. The van der Waals surface area contributed by atoms with E-state index in [-0.39, 0.29) is 18.2 Å². The first-order valence-electron chi connectivity index (χ1n) is 8.58. The Labute approximate surface area is 160 Å². The molecule has 0 aliphatic rings. The molecule has 0 amide bonds. The number of aromatic nitrogens is 1. The van der Waals surface area contributed by atoms with Gasteiger partial charge in [0, 0.05) is 17.2 Å². The molecular formula is C22H16FNO4. The van der Waals surface area contributed by atoms with Crippen LogP contribution in [0, 0.1) is 5.82 Å². The standard InChI is InChI=1S/C22H16FNO4/c23-19-8-4-5-16(22(19)27-18-6-2-1-3-7-18)14-26-17-11-9-15(10-12-17)20-13-21(25)24-28-20/h1-13H,14H2,(H,24,25). The number of nitrogens with zero attached hydrogens (tertiary/aromatic N) is 1. The largest absolute Gasteiger partial charge is 0.491 e. The van der Waals surface area contributed by atoms with Gasteiger partial charge in [0.05, 0.1) is 0 Å². The van der Waals surface area contributed by atoms with Crippen molar-refractivity contribution in [3.05, 3.63) is 90.2 Å². The number of aromatic hydroxyl groups is 1. The second kappa shape index (κ2) is 7.84. The number of hydrogen-bond acceptors (Lipinski definition) is 5. The highest BCUT2D eigenvalue weighted by Gasteiger charge is 2.12. The van der Waals surface area contributed by atoms with Crippen LogP contribution in [-0.2, 0) is 6.61 Å². The molecule has 0 aliphatic heterocycles. The Hall–Kier alpha value is -3.80. The van der Waals surface area contributed by atoms with Gasteiger partial charge in [0.15, 0.2) is 17.3 Å². The fourth-order valence-corrected chi connectivity index (χ4v) is 2.67. The Morgan fingerprint density at radius 3 is 2.39 bits per heavy atom. The molecule has 1 N–H and O–H groups in total. The van der Waals surface area contributed by atoms with Gasteiger partial charge in [-0.05, 0) is 47.6 Å². The Balaban J connectivity index is 1.48. The fourth-order valence-electron chi connectivity index (χ4n) is 2.67. The van der Waals surface area contributed by atoms with Gasteiger partial charge < -0.3 is 19.1 Å². The predicted molar refractivity (Wildman–Crippen MR) is 101 cm³/mol. The first-order valence-corrected chi connectivity index (χ1v) is 8.58. The van der Waals surface area contributed by atoms with Crippen LogP contribution in [0.3, 0.4) is 0 Å². The highest BCUT2D eigenvalue weighted by molar-refractivity contribution is 5.59. The van der Waals surface area contributed by atoms with E-state index >= 15 is 0 Å². The zero-order valence-electron chi connectivity index (χ0n) is 14.7. The van der Waals surface area contributed by atoms with E-state index in [4.69, 9.17) is 14.0 Å². The summed E-state index contributed by atoms with van der Waals surface area (Å²) in [6, 6.07) is 22.3. The number of rotatable bonds is 6. The molecule has 4 aromatic rings. The molecule has 6 heteroatoms. The number of hydrogen-bond donors (Lipinski definition) is 1. The molecule has 140 valence electrons. The van der Waals surface area contributed by atoms with E-state index in [9.17, 15) is 9.50 Å². The van der Waals surface area contributed by atoms with Gasteiger partial charge in [0.1, 0.15) is 18.1 Å². The Kier molecular flexibility index (Phi) is 4.93. The van der Waals surface area contributed by atoms with Crippen molar-refractivity contribution in [2.45, 2.75) is 6.61 Å². The first kappa shape index (κ1) is 17.6. The molecule has 1 aromatic heterocycles. The van der Waals surface area contributed by atoms with Gasteiger partial charge in [0.25, 0.3) is 5.88 Å². The van der Waals surface area contributed by atoms with Crippen molar-refractivity contribution in [3.63, 3.8) is 0 Å². The van der Waals surface area contributed by atoms with Crippen molar-refractivity contribution in [1.29, 1.82) is 0 Å². The van der Waals surface area contributed by atoms with Crippen molar-refractivity contribution in [2.75, 3.05) is 0 Å².